The van der Waals surface area contributed by atoms with Crippen LogP contribution in [0, 0.1) is 19.7 Å². The zero-order chi connectivity index (χ0) is 21.2. The van der Waals surface area contributed by atoms with Gasteiger partial charge in [-0.3, -0.25) is 4.98 Å². The first-order chi connectivity index (χ1) is 14.2. The number of rotatable bonds is 1. The molecule has 0 amide bonds. The van der Waals surface area contributed by atoms with Gasteiger partial charge in [0.25, 0.3) is 0 Å². The average Bonchev–Trinajstić information content (AvgIpc) is 3.05. The van der Waals surface area contributed by atoms with Gasteiger partial charge in [0.15, 0.2) is 0 Å². The van der Waals surface area contributed by atoms with Gasteiger partial charge in [0, 0.05) is 32.1 Å². The van der Waals surface area contributed by atoms with E-state index in [0.29, 0.717) is 5.39 Å². The fraction of sp³-hybridized carbons (Fsp3) is 0.222. The van der Waals surface area contributed by atoms with Gasteiger partial charge in [-0.25, -0.2) is 4.39 Å². The number of pyridine rings is 1. The molecule has 0 spiro atoms. The molecule has 2 aromatic heterocycles. The molecule has 5 aromatic rings. The van der Waals surface area contributed by atoms with Crippen LogP contribution in [-0.2, 0) is 5.41 Å². The van der Waals surface area contributed by atoms with Crippen molar-refractivity contribution in [3.8, 4) is 11.3 Å². The monoisotopic (exact) mass is 413 g/mol. The Morgan fingerprint density at radius 2 is 1.60 bits per heavy atom. The van der Waals surface area contributed by atoms with E-state index in [1.165, 1.54) is 20.5 Å². The second-order valence-electron chi connectivity index (χ2n) is 9.21. The fourth-order valence-corrected chi connectivity index (χ4v) is 5.61. The highest BCUT2D eigenvalue weighted by molar-refractivity contribution is 7.19. The van der Waals surface area contributed by atoms with Crippen LogP contribution in [0.2, 0.25) is 0 Å². The molecule has 0 unspecified atom stereocenters. The predicted octanol–water partition coefficient (Wildman–Crippen LogP) is 8.32. The Kier molecular flexibility index (Phi) is 4.23. The van der Waals surface area contributed by atoms with Gasteiger partial charge in [-0.15, -0.1) is 11.3 Å². The molecule has 0 saturated carbocycles. The van der Waals surface area contributed by atoms with Crippen molar-refractivity contribution in [3.05, 3.63) is 76.5 Å². The summed E-state index contributed by atoms with van der Waals surface area (Å²) in [6, 6.07) is 16.4. The summed E-state index contributed by atoms with van der Waals surface area (Å²) in [6.07, 6.45) is 1.84. The second kappa shape index (κ2) is 6.61. The van der Waals surface area contributed by atoms with Gasteiger partial charge in [-0.1, -0.05) is 39.0 Å². The van der Waals surface area contributed by atoms with E-state index in [1.807, 2.05) is 42.7 Å². The van der Waals surface area contributed by atoms with Crippen molar-refractivity contribution in [1.29, 1.82) is 0 Å². The van der Waals surface area contributed by atoms with Crippen molar-refractivity contribution in [2.75, 3.05) is 0 Å². The first-order valence-electron chi connectivity index (χ1n) is 10.2. The largest absolute Gasteiger partial charge is 0.256 e. The molecule has 0 aliphatic heterocycles. The smallest absolute Gasteiger partial charge is 0.131 e. The Balaban J connectivity index is 1.86. The second-order valence-corrected chi connectivity index (χ2v) is 10.5. The fourth-order valence-electron chi connectivity index (χ4n) is 4.39. The molecule has 0 N–H and O–H groups in total. The van der Waals surface area contributed by atoms with Gasteiger partial charge in [-0.2, -0.15) is 0 Å². The average molecular weight is 414 g/mol. The molecule has 150 valence electrons. The minimum atomic E-state index is -0.171. The highest BCUT2D eigenvalue weighted by atomic mass is 32.1. The third-order valence-corrected chi connectivity index (χ3v) is 6.89. The predicted molar refractivity (Wildman–Crippen MR) is 128 cm³/mol. The van der Waals surface area contributed by atoms with Gasteiger partial charge >= 0.3 is 0 Å². The van der Waals surface area contributed by atoms with Crippen LogP contribution < -0.4 is 0 Å². The Labute approximate surface area is 180 Å². The molecule has 3 heteroatoms. The van der Waals surface area contributed by atoms with Crippen LogP contribution in [0.25, 0.3) is 42.9 Å². The number of aromatic nitrogens is 1. The lowest BCUT2D eigenvalue weighted by Gasteiger charge is -2.21. The van der Waals surface area contributed by atoms with Crippen molar-refractivity contribution in [1.82, 2.24) is 4.98 Å². The van der Waals surface area contributed by atoms with Gasteiger partial charge in [-0.05, 0) is 76.9 Å². The topological polar surface area (TPSA) is 12.9 Å². The maximum Gasteiger partial charge on any atom is 0.131 e. The molecule has 2 heterocycles. The third-order valence-electron chi connectivity index (χ3n) is 5.79. The minimum absolute atomic E-state index is 0.0308. The molecule has 30 heavy (non-hydrogen) atoms. The summed E-state index contributed by atoms with van der Waals surface area (Å²) in [6.45, 7) is 10.9. The highest BCUT2D eigenvalue weighted by Crippen LogP contribution is 2.40. The lowest BCUT2D eigenvalue weighted by molar-refractivity contribution is 0.597. The molecule has 0 saturated heterocycles. The molecule has 0 fully saturated rings. The number of halogens is 1. The SMILES string of the molecule is Cc1cc(F)c2ccc3c(-c4cc(C(C)(C)C)c5sc(C)cc5c4)nccc3c2c1. The summed E-state index contributed by atoms with van der Waals surface area (Å²) in [4.78, 5) is 6.09. The first kappa shape index (κ1) is 19.2. The van der Waals surface area contributed by atoms with Crippen molar-refractivity contribution in [2.24, 2.45) is 0 Å². The summed E-state index contributed by atoms with van der Waals surface area (Å²) in [7, 11) is 0. The summed E-state index contributed by atoms with van der Waals surface area (Å²) in [5.41, 5.74) is 4.37. The quantitative estimate of drug-likeness (QED) is 0.252. The van der Waals surface area contributed by atoms with Crippen LogP contribution in [0.4, 0.5) is 4.39 Å². The van der Waals surface area contributed by atoms with E-state index in [0.717, 1.165) is 33.0 Å². The molecule has 0 atom stereocenters. The molecule has 0 aliphatic carbocycles. The van der Waals surface area contributed by atoms with Crippen molar-refractivity contribution in [2.45, 2.75) is 40.0 Å². The van der Waals surface area contributed by atoms with Crippen molar-refractivity contribution in [3.63, 3.8) is 0 Å². The van der Waals surface area contributed by atoms with Gasteiger partial charge in [0.2, 0.25) is 0 Å². The summed E-state index contributed by atoms with van der Waals surface area (Å²) in [5.74, 6) is -0.171. The van der Waals surface area contributed by atoms with Gasteiger partial charge < -0.3 is 0 Å². The molecule has 1 nitrogen and oxygen atoms in total. The standard InChI is InChI=1S/C27H24FNS/c1-15-10-22-19-8-9-29-25(21(19)7-6-20(22)24(28)11-15)17-13-18-12-16(2)30-26(18)23(14-17)27(3,4)5/h6-14H,1-5H3. The van der Waals surface area contributed by atoms with E-state index in [2.05, 4.69) is 52.0 Å². The minimum Gasteiger partial charge on any atom is -0.256 e. The van der Waals surface area contributed by atoms with Gasteiger partial charge in [0.1, 0.15) is 5.82 Å². The molecular weight excluding hydrogens is 389 g/mol. The Hall–Kier alpha value is -2.78. The number of hydrogen-bond donors (Lipinski definition) is 0. The van der Waals surface area contributed by atoms with E-state index in [4.69, 9.17) is 4.98 Å². The molecule has 5 rings (SSSR count). The van der Waals surface area contributed by atoms with Crippen LogP contribution in [-0.4, -0.2) is 4.98 Å². The summed E-state index contributed by atoms with van der Waals surface area (Å²) >= 11 is 1.86. The Morgan fingerprint density at radius 1 is 0.833 bits per heavy atom. The van der Waals surface area contributed by atoms with E-state index in [-0.39, 0.29) is 11.2 Å². The number of nitrogens with zero attached hydrogens (tertiary/aromatic N) is 1. The maximum atomic E-state index is 14.5. The van der Waals surface area contributed by atoms with E-state index in [9.17, 15) is 4.39 Å². The van der Waals surface area contributed by atoms with Crippen LogP contribution >= 0.6 is 11.3 Å². The van der Waals surface area contributed by atoms with Crippen LogP contribution in [0.3, 0.4) is 0 Å². The van der Waals surface area contributed by atoms with E-state index in [1.54, 1.807) is 6.07 Å². The molecule has 0 aliphatic rings. The highest BCUT2D eigenvalue weighted by Gasteiger charge is 2.21. The Bertz CT molecular complexity index is 1450. The van der Waals surface area contributed by atoms with E-state index < -0.39 is 0 Å². The lowest BCUT2D eigenvalue weighted by atomic mass is 9.84. The number of thiophene rings is 1. The lowest BCUT2D eigenvalue weighted by Crippen LogP contribution is -2.11. The zero-order valence-electron chi connectivity index (χ0n) is 17.9. The van der Waals surface area contributed by atoms with Crippen molar-refractivity contribution >= 4 is 43.0 Å². The molecular formula is C27H24FNS. The number of hydrogen-bond acceptors (Lipinski definition) is 2. The molecule has 0 radical (unpaired) electrons. The third kappa shape index (κ3) is 3.00. The van der Waals surface area contributed by atoms with E-state index >= 15 is 0 Å². The summed E-state index contributed by atoms with van der Waals surface area (Å²) < 4.78 is 15.9. The van der Waals surface area contributed by atoms with Crippen LogP contribution in [0.5, 0.6) is 0 Å². The van der Waals surface area contributed by atoms with Crippen LogP contribution in [0.1, 0.15) is 36.8 Å². The van der Waals surface area contributed by atoms with Crippen molar-refractivity contribution < 1.29 is 4.39 Å². The normalized spacial score (nSPS) is 12.3. The number of aryl methyl sites for hydroxylation is 2. The first-order valence-corrected chi connectivity index (χ1v) is 11.1. The zero-order valence-corrected chi connectivity index (χ0v) is 18.7. The number of benzene rings is 3. The maximum absolute atomic E-state index is 14.5. The Morgan fingerprint density at radius 3 is 2.37 bits per heavy atom. The van der Waals surface area contributed by atoms with Gasteiger partial charge in [0.05, 0.1) is 5.69 Å². The summed E-state index contributed by atoms with van der Waals surface area (Å²) in [5, 5.41) is 4.96. The molecule has 3 aromatic carbocycles. The number of fused-ring (bicyclic) bond motifs is 4. The van der Waals surface area contributed by atoms with Crippen LogP contribution in [0.15, 0.2) is 54.7 Å². The molecule has 0 bridgehead atoms.